The number of likely N-dealkylation sites (N-methyl/N-ethyl adjacent to an activating group) is 1. The normalized spacial score (nSPS) is 12.0. The fraction of sp³-hybridized carbons (Fsp3) is 0.222. The first-order valence-corrected chi connectivity index (χ1v) is 12.2. The summed E-state index contributed by atoms with van der Waals surface area (Å²) in [6.07, 6.45) is 0. The van der Waals surface area contributed by atoms with Gasteiger partial charge in [0.15, 0.2) is 0 Å². The lowest BCUT2D eigenvalue weighted by atomic mass is 10.2. The molecule has 7 nitrogen and oxygen atoms in total. The minimum Gasteiger partial charge on any atom is -0.313 e. The third-order valence-electron chi connectivity index (χ3n) is 5.82. The summed E-state index contributed by atoms with van der Waals surface area (Å²) in [5.74, 6) is 0.501. The van der Waals surface area contributed by atoms with E-state index < -0.39 is 6.04 Å². The molecular weight excluding hydrogens is 506 g/mol. The lowest BCUT2D eigenvalue weighted by Gasteiger charge is -2.31. The number of para-hydroxylation sites is 3. The Balaban J connectivity index is 1.82. The van der Waals surface area contributed by atoms with E-state index in [0.717, 1.165) is 4.47 Å². The Morgan fingerprint density at radius 2 is 1.63 bits per heavy atom. The molecule has 0 bridgehead atoms. The summed E-state index contributed by atoms with van der Waals surface area (Å²) in [5, 5.41) is 3.53. The quantitative estimate of drug-likeness (QED) is 0.349. The number of rotatable bonds is 7. The van der Waals surface area contributed by atoms with E-state index in [4.69, 9.17) is 4.98 Å². The number of carbonyl (C=O) groups is 1. The Labute approximate surface area is 213 Å². The molecule has 4 aromatic rings. The Bertz CT molecular complexity index is 1390. The first-order chi connectivity index (χ1) is 16.9. The molecule has 0 aliphatic carbocycles. The minimum absolute atomic E-state index is 0.164. The topological polar surface area (TPSA) is 70.5 Å². The van der Waals surface area contributed by atoms with Crippen molar-refractivity contribution in [2.75, 3.05) is 32.5 Å². The molecule has 8 heteroatoms. The Morgan fingerprint density at radius 1 is 0.971 bits per heavy atom. The first-order valence-electron chi connectivity index (χ1n) is 11.4. The maximum atomic E-state index is 13.6. The summed E-state index contributed by atoms with van der Waals surface area (Å²) in [6, 6.07) is 23.4. The molecule has 0 radical (unpaired) electrons. The van der Waals surface area contributed by atoms with Gasteiger partial charge in [0, 0.05) is 17.6 Å². The Morgan fingerprint density at radius 3 is 2.34 bits per heavy atom. The van der Waals surface area contributed by atoms with Crippen molar-refractivity contribution in [1.82, 2.24) is 19.4 Å². The Kier molecular flexibility index (Phi) is 7.63. The lowest BCUT2D eigenvalue weighted by Crippen LogP contribution is -2.43. The van der Waals surface area contributed by atoms with E-state index in [0.29, 0.717) is 41.2 Å². The van der Waals surface area contributed by atoms with E-state index in [9.17, 15) is 9.59 Å². The zero-order chi connectivity index (χ0) is 24.9. The van der Waals surface area contributed by atoms with Crippen LogP contribution in [-0.4, -0.2) is 52.6 Å². The predicted molar refractivity (Wildman–Crippen MR) is 144 cm³/mol. The summed E-state index contributed by atoms with van der Waals surface area (Å²) in [4.78, 5) is 35.8. The number of benzene rings is 3. The summed E-state index contributed by atoms with van der Waals surface area (Å²) in [6.45, 7) is 3.00. The third kappa shape index (κ3) is 5.44. The average Bonchev–Trinajstić information content (AvgIpc) is 2.85. The zero-order valence-electron chi connectivity index (χ0n) is 20.0. The summed E-state index contributed by atoms with van der Waals surface area (Å²) in [5.41, 5.74) is 1.82. The van der Waals surface area contributed by atoms with Crippen molar-refractivity contribution in [3.05, 3.63) is 99.5 Å². The first kappa shape index (κ1) is 24.6. The number of amides is 2. The second kappa shape index (κ2) is 10.8. The largest absolute Gasteiger partial charge is 0.322 e. The average molecular weight is 534 g/mol. The SMILES string of the molecule is CC(c1nc2ccccc2c(=O)n1-c1ccccc1)N(CCN(C)C)C(=O)Nc1ccccc1Br. The van der Waals surface area contributed by atoms with Crippen molar-refractivity contribution in [3.63, 3.8) is 0 Å². The van der Waals surface area contributed by atoms with E-state index in [1.807, 2.05) is 98.7 Å². The molecule has 4 rings (SSSR count). The number of fused-ring (bicyclic) bond motifs is 1. The number of hydrogen-bond acceptors (Lipinski definition) is 4. The van der Waals surface area contributed by atoms with Crippen molar-refractivity contribution in [2.24, 2.45) is 0 Å². The van der Waals surface area contributed by atoms with Crippen LogP contribution in [-0.2, 0) is 0 Å². The maximum absolute atomic E-state index is 13.6. The van der Waals surface area contributed by atoms with Crippen molar-refractivity contribution in [1.29, 1.82) is 0 Å². The van der Waals surface area contributed by atoms with Crippen LogP contribution in [0.2, 0.25) is 0 Å². The highest BCUT2D eigenvalue weighted by Crippen LogP contribution is 2.26. The molecule has 1 aromatic heterocycles. The van der Waals surface area contributed by atoms with Gasteiger partial charge in [-0.3, -0.25) is 9.36 Å². The Hall–Kier alpha value is -3.49. The maximum Gasteiger partial charge on any atom is 0.322 e. The molecule has 0 saturated heterocycles. The molecular formula is C27H28BrN5O2. The van der Waals surface area contributed by atoms with E-state index in [2.05, 4.69) is 21.2 Å². The van der Waals surface area contributed by atoms with Crippen LogP contribution < -0.4 is 10.9 Å². The van der Waals surface area contributed by atoms with Crippen LogP contribution in [0.25, 0.3) is 16.6 Å². The number of hydrogen-bond donors (Lipinski definition) is 1. The zero-order valence-corrected chi connectivity index (χ0v) is 21.6. The molecule has 35 heavy (non-hydrogen) atoms. The van der Waals surface area contributed by atoms with Crippen LogP contribution in [0, 0.1) is 0 Å². The van der Waals surface area contributed by atoms with Crippen LogP contribution in [0.1, 0.15) is 18.8 Å². The predicted octanol–water partition coefficient (Wildman–Crippen LogP) is 5.30. The summed E-state index contributed by atoms with van der Waals surface area (Å²) >= 11 is 3.50. The van der Waals surface area contributed by atoms with Crippen molar-refractivity contribution < 1.29 is 4.79 Å². The fourth-order valence-corrected chi connectivity index (χ4v) is 4.31. The van der Waals surface area contributed by atoms with Crippen LogP contribution in [0.4, 0.5) is 10.5 Å². The molecule has 180 valence electrons. The molecule has 2 amide bonds. The number of aromatic nitrogens is 2. The van der Waals surface area contributed by atoms with E-state index in [-0.39, 0.29) is 11.6 Å². The van der Waals surface area contributed by atoms with Gasteiger partial charge >= 0.3 is 6.03 Å². The summed E-state index contributed by atoms with van der Waals surface area (Å²) < 4.78 is 2.40. The molecule has 0 aliphatic rings. The lowest BCUT2D eigenvalue weighted by molar-refractivity contribution is 0.181. The molecule has 0 spiro atoms. The standard InChI is InChI=1S/C27H28BrN5O2/c1-19(32(18-17-31(2)3)27(35)30-24-16-10-8-14-22(24)28)25-29-23-15-9-7-13-21(23)26(34)33(25)20-11-5-4-6-12-20/h4-16,19H,17-18H2,1-3H3,(H,30,35). The van der Waals surface area contributed by atoms with Gasteiger partial charge in [0.05, 0.1) is 28.3 Å². The number of nitrogens with one attached hydrogen (secondary N) is 1. The highest BCUT2D eigenvalue weighted by atomic mass is 79.9. The van der Waals surface area contributed by atoms with Crippen molar-refractivity contribution in [3.8, 4) is 5.69 Å². The molecule has 3 aromatic carbocycles. The van der Waals surface area contributed by atoms with Crippen LogP contribution >= 0.6 is 15.9 Å². The van der Waals surface area contributed by atoms with E-state index in [1.54, 1.807) is 15.5 Å². The molecule has 0 saturated carbocycles. The van der Waals surface area contributed by atoms with Gasteiger partial charge in [-0.1, -0.05) is 42.5 Å². The van der Waals surface area contributed by atoms with Gasteiger partial charge in [0.2, 0.25) is 0 Å². The fourth-order valence-electron chi connectivity index (χ4n) is 3.92. The van der Waals surface area contributed by atoms with Gasteiger partial charge in [0.25, 0.3) is 5.56 Å². The summed E-state index contributed by atoms with van der Waals surface area (Å²) in [7, 11) is 3.92. The van der Waals surface area contributed by atoms with Gasteiger partial charge in [-0.15, -0.1) is 0 Å². The number of halogens is 1. The van der Waals surface area contributed by atoms with Crippen LogP contribution in [0.3, 0.4) is 0 Å². The number of urea groups is 1. The number of nitrogens with zero attached hydrogens (tertiary/aromatic N) is 4. The monoisotopic (exact) mass is 533 g/mol. The number of anilines is 1. The second-order valence-corrected chi connectivity index (χ2v) is 9.40. The van der Waals surface area contributed by atoms with Gasteiger partial charge in [-0.25, -0.2) is 9.78 Å². The smallest absolute Gasteiger partial charge is 0.313 e. The molecule has 1 heterocycles. The molecule has 0 aliphatic heterocycles. The minimum atomic E-state index is -0.491. The molecule has 1 atom stereocenters. The molecule has 0 fully saturated rings. The van der Waals surface area contributed by atoms with Gasteiger partial charge in [0.1, 0.15) is 5.82 Å². The van der Waals surface area contributed by atoms with Crippen LogP contribution in [0.5, 0.6) is 0 Å². The van der Waals surface area contributed by atoms with E-state index in [1.165, 1.54) is 0 Å². The van der Waals surface area contributed by atoms with Crippen molar-refractivity contribution >= 4 is 38.6 Å². The highest BCUT2D eigenvalue weighted by Gasteiger charge is 2.27. The van der Waals surface area contributed by atoms with Crippen LogP contribution in [0.15, 0.2) is 88.1 Å². The highest BCUT2D eigenvalue weighted by molar-refractivity contribution is 9.10. The van der Waals surface area contributed by atoms with Gasteiger partial charge in [-0.05, 0) is 73.3 Å². The van der Waals surface area contributed by atoms with Gasteiger partial charge in [-0.2, -0.15) is 0 Å². The van der Waals surface area contributed by atoms with Gasteiger partial charge < -0.3 is 15.1 Å². The van der Waals surface area contributed by atoms with Crippen molar-refractivity contribution in [2.45, 2.75) is 13.0 Å². The molecule has 1 unspecified atom stereocenters. The number of carbonyl (C=O) groups excluding carboxylic acids is 1. The van der Waals surface area contributed by atoms with E-state index >= 15 is 0 Å². The second-order valence-electron chi connectivity index (χ2n) is 8.55. The molecule has 1 N–H and O–H groups in total. The third-order valence-corrected chi connectivity index (χ3v) is 6.51.